The molecule has 0 heterocycles. The second-order valence-corrected chi connectivity index (χ2v) is 2.28. The molecule has 0 aromatic rings. The van der Waals surface area contributed by atoms with Crippen molar-refractivity contribution in [2.75, 3.05) is 6.61 Å². The van der Waals surface area contributed by atoms with E-state index in [1.165, 1.54) is 12.2 Å². The summed E-state index contributed by atoms with van der Waals surface area (Å²) in [5.74, 6) is -1.07. The highest BCUT2D eigenvalue weighted by Gasteiger charge is 2.14. The van der Waals surface area contributed by atoms with E-state index in [2.05, 4.69) is 24.5 Å². The molecule has 0 fully saturated rings. The molecule has 0 N–H and O–H groups in total. The summed E-state index contributed by atoms with van der Waals surface area (Å²) in [6.07, 6.45) is 2.93. The highest BCUT2D eigenvalue weighted by molar-refractivity contribution is 6.17. The molecule has 0 amide bonds. The van der Waals surface area contributed by atoms with E-state index in [1.54, 1.807) is 0 Å². The van der Waals surface area contributed by atoms with Crippen LogP contribution in [0, 0.1) is 0 Å². The fourth-order valence-electron chi connectivity index (χ4n) is 0.590. The summed E-state index contributed by atoms with van der Waals surface area (Å²) in [7, 11) is 0. The molecule has 0 rings (SSSR count). The first-order valence-corrected chi connectivity index (χ1v) is 3.74. The van der Waals surface area contributed by atoms with Gasteiger partial charge in [0.25, 0.3) is 0 Å². The minimum absolute atomic E-state index is 0.0826. The minimum atomic E-state index is -0.702. The molecule has 0 spiro atoms. The average molecular weight is 180 g/mol. The first kappa shape index (κ1) is 11.4. The number of esters is 1. The number of ether oxygens (including phenoxy) is 1. The Bertz CT molecular complexity index is 251. The maximum atomic E-state index is 11.1. The Morgan fingerprint density at radius 2 is 1.85 bits per heavy atom. The van der Waals surface area contributed by atoms with Crippen molar-refractivity contribution in [1.82, 2.24) is 0 Å². The zero-order valence-corrected chi connectivity index (χ0v) is 7.41. The molecule has 0 atom stereocenters. The van der Waals surface area contributed by atoms with Gasteiger partial charge in [-0.2, -0.15) is 0 Å². The van der Waals surface area contributed by atoms with E-state index in [0.717, 1.165) is 0 Å². The molecule has 13 heavy (non-hydrogen) atoms. The van der Waals surface area contributed by atoms with Gasteiger partial charge in [0.2, 0.25) is 0 Å². The predicted molar refractivity (Wildman–Crippen MR) is 50.1 cm³/mol. The first-order valence-electron chi connectivity index (χ1n) is 3.74. The van der Waals surface area contributed by atoms with Crippen molar-refractivity contribution in [3.8, 4) is 0 Å². The number of ketones is 1. The number of carbonyl (C=O) groups is 2. The molecule has 0 saturated heterocycles. The molecule has 0 saturated carbocycles. The summed E-state index contributed by atoms with van der Waals surface area (Å²) in [4.78, 5) is 22.0. The van der Waals surface area contributed by atoms with E-state index in [-0.39, 0.29) is 24.4 Å². The van der Waals surface area contributed by atoms with Gasteiger partial charge in [-0.25, -0.2) is 4.79 Å². The summed E-state index contributed by atoms with van der Waals surface area (Å²) in [5.41, 5.74) is -0.151. The van der Waals surface area contributed by atoms with Gasteiger partial charge >= 0.3 is 5.97 Å². The van der Waals surface area contributed by atoms with Crippen LogP contribution in [-0.4, -0.2) is 18.4 Å². The largest absolute Gasteiger partial charge is 0.458 e. The average Bonchev–Trinajstić information content (AvgIpc) is 2.13. The Kier molecular flexibility index (Phi) is 5.19. The lowest BCUT2D eigenvalue weighted by molar-refractivity contribution is -0.139. The third kappa shape index (κ3) is 4.06. The molecule has 3 nitrogen and oxygen atoms in total. The lowest BCUT2D eigenvalue weighted by atomic mass is 10.1. The van der Waals surface area contributed by atoms with E-state index in [4.69, 9.17) is 0 Å². The Labute approximate surface area is 77.4 Å². The zero-order valence-electron chi connectivity index (χ0n) is 7.41. The molecule has 3 heteroatoms. The molecule has 0 aliphatic carbocycles. The standard InChI is InChI=1S/C10H12O3/c1-4-6-9(11)8(3)10(12)13-7-5-2/h4-5H,1-3,6-7H2. The number of hydrogen-bond donors (Lipinski definition) is 0. The molecule has 0 radical (unpaired) electrons. The monoisotopic (exact) mass is 180 g/mol. The van der Waals surface area contributed by atoms with Crippen molar-refractivity contribution < 1.29 is 14.3 Å². The van der Waals surface area contributed by atoms with Crippen LogP contribution in [-0.2, 0) is 14.3 Å². The van der Waals surface area contributed by atoms with E-state index in [0.29, 0.717) is 0 Å². The van der Waals surface area contributed by atoms with Crippen molar-refractivity contribution in [3.63, 3.8) is 0 Å². The number of rotatable bonds is 6. The summed E-state index contributed by atoms with van der Waals surface area (Å²) in [6.45, 7) is 10.1. The van der Waals surface area contributed by atoms with Gasteiger partial charge in [0.15, 0.2) is 5.78 Å². The second kappa shape index (κ2) is 5.94. The van der Waals surface area contributed by atoms with Gasteiger partial charge in [0.1, 0.15) is 6.61 Å². The maximum Gasteiger partial charge on any atom is 0.341 e. The van der Waals surface area contributed by atoms with Gasteiger partial charge in [0, 0.05) is 6.42 Å². The third-order valence-corrected chi connectivity index (χ3v) is 1.24. The summed E-state index contributed by atoms with van der Waals surface area (Å²) in [5, 5.41) is 0. The Morgan fingerprint density at radius 3 is 2.31 bits per heavy atom. The Balaban J connectivity index is 4.09. The van der Waals surface area contributed by atoms with Crippen molar-refractivity contribution in [3.05, 3.63) is 37.5 Å². The van der Waals surface area contributed by atoms with Crippen LogP contribution in [0.1, 0.15) is 6.42 Å². The lowest BCUT2D eigenvalue weighted by Crippen LogP contribution is -2.14. The van der Waals surface area contributed by atoms with Gasteiger partial charge in [-0.1, -0.05) is 25.3 Å². The first-order chi connectivity index (χ1) is 6.13. The van der Waals surface area contributed by atoms with Crippen LogP contribution >= 0.6 is 0 Å². The molecule has 0 aliphatic rings. The Morgan fingerprint density at radius 1 is 1.23 bits per heavy atom. The summed E-state index contributed by atoms with van der Waals surface area (Å²) in [6, 6.07) is 0. The van der Waals surface area contributed by atoms with Crippen molar-refractivity contribution in [2.45, 2.75) is 6.42 Å². The molecule has 0 bridgehead atoms. The fourth-order valence-corrected chi connectivity index (χ4v) is 0.590. The van der Waals surface area contributed by atoms with Crippen LogP contribution in [0.3, 0.4) is 0 Å². The van der Waals surface area contributed by atoms with Crippen molar-refractivity contribution in [1.29, 1.82) is 0 Å². The van der Waals surface area contributed by atoms with E-state index < -0.39 is 5.97 Å². The number of hydrogen-bond acceptors (Lipinski definition) is 3. The van der Waals surface area contributed by atoms with Crippen molar-refractivity contribution >= 4 is 11.8 Å². The molecule has 0 aromatic heterocycles. The van der Waals surface area contributed by atoms with Crippen LogP contribution in [0.2, 0.25) is 0 Å². The predicted octanol–water partition coefficient (Wildman–Crippen LogP) is 1.42. The molecular formula is C10H12O3. The van der Waals surface area contributed by atoms with Gasteiger partial charge in [-0.3, -0.25) is 4.79 Å². The second-order valence-electron chi connectivity index (χ2n) is 2.28. The summed E-state index contributed by atoms with van der Waals surface area (Å²) >= 11 is 0. The van der Waals surface area contributed by atoms with Crippen LogP contribution in [0.4, 0.5) is 0 Å². The molecule has 0 unspecified atom stereocenters. The van der Waals surface area contributed by atoms with Crippen LogP contribution in [0.25, 0.3) is 0 Å². The van der Waals surface area contributed by atoms with Gasteiger partial charge in [0.05, 0.1) is 5.57 Å². The van der Waals surface area contributed by atoms with E-state index >= 15 is 0 Å². The van der Waals surface area contributed by atoms with E-state index in [9.17, 15) is 9.59 Å². The maximum absolute atomic E-state index is 11.1. The lowest BCUT2D eigenvalue weighted by Gasteiger charge is -2.02. The number of allylic oxidation sites excluding steroid dienone is 1. The number of carbonyl (C=O) groups excluding carboxylic acids is 2. The Hall–Kier alpha value is -1.64. The van der Waals surface area contributed by atoms with E-state index in [1.807, 2.05) is 0 Å². The molecule has 70 valence electrons. The minimum Gasteiger partial charge on any atom is -0.458 e. The highest BCUT2D eigenvalue weighted by Crippen LogP contribution is 2.00. The fraction of sp³-hybridized carbons (Fsp3) is 0.200. The van der Waals surface area contributed by atoms with Crippen molar-refractivity contribution in [2.24, 2.45) is 0 Å². The van der Waals surface area contributed by atoms with Crippen LogP contribution < -0.4 is 0 Å². The molecule has 0 aliphatic heterocycles. The number of Topliss-reactive ketones (excluding diaryl/α,β-unsaturated/α-hetero) is 1. The van der Waals surface area contributed by atoms with Gasteiger partial charge in [-0.15, -0.1) is 6.58 Å². The molecule has 0 aromatic carbocycles. The third-order valence-electron chi connectivity index (χ3n) is 1.24. The quantitative estimate of drug-likeness (QED) is 0.204. The van der Waals surface area contributed by atoms with Gasteiger partial charge in [-0.05, 0) is 0 Å². The molecular weight excluding hydrogens is 168 g/mol. The van der Waals surface area contributed by atoms with Crippen LogP contribution in [0.5, 0.6) is 0 Å². The zero-order chi connectivity index (χ0) is 10.3. The smallest absolute Gasteiger partial charge is 0.341 e. The summed E-state index contributed by atoms with van der Waals surface area (Å²) < 4.78 is 4.61. The van der Waals surface area contributed by atoms with Gasteiger partial charge < -0.3 is 4.74 Å². The normalized spacial score (nSPS) is 8.62. The SMILES string of the molecule is C=CCOC(=O)C(=C)C(=O)CC=C. The van der Waals surface area contributed by atoms with Crippen LogP contribution in [0.15, 0.2) is 37.5 Å². The highest BCUT2D eigenvalue weighted by atomic mass is 16.5. The topological polar surface area (TPSA) is 43.4 Å².